The molecule has 1 N–H and O–H groups in total. The highest BCUT2D eigenvalue weighted by Gasteiger charge is 2.42. The Hall–Kier alpha value is -1.51. The highest BCUT2D eigenvalue weighted by molar-refractivity contribution is 5.76. The van der Waals surface area contributed by atoms with E-state index in [0.29, 0.717) is 6.54 Å². The number of aliphatic carboxylic acids is 1. The topological polar surface area (TPSA) is 40.5 Å². The number of anilines is 1. The summed E-state index contributed by atoms with van der Waals surface area (Å²) in [7, 11) is 0. The van der Waals surface area contributed by atoms with E-state index in [1.54, 1.807) is 0 Å². The summed E-state index contributed by atoms with van der Waals surface area (Å²) >= 11 is 0. The monoisotopic (exact) mass is 261 g/mol. The lowest BCUT2D eigenvalue weighted by Gasteiger charge is -2.33. The summed E-state index contributed by atoms with van der Waals surface area (Å²) < 4.78 is 0. The third-order valence-electron chi connectivity index (χ3n) is 4.26. The van der Waals surface area contributed by atoms with Gasteiger partial charge >= 0.3 is 5.97 Å². The Labute approximate surface area is 115 Å². The molecule has 0 bridgehead atoms. The van der Waals surface area contributed by atoms with Crippen LogP contribution in [0.4, 0.5) is 5.69 Å². The second kappa shape index (κ2) is 5.64. The number of carboxylic acid groups (broad SMARTS) is 1. The lowest BCUT2D eigenvalue weighted by atomic mass is 9.85. The molecule has 3 nitrogen and oxygen atoms in total. The quantitative estimate of drug-likeness (QED) is 0.882. The number of carboxylic acids is 1. The smallest absolute Gasteiger partial charge is 0.311 e. The number of hydrogen-bond acceptors (Lipinski definition) is 2. The standard InChI is InChI=1S/C16H23NO2/c1-3-17(14-8-6-7-13(2)11-14)12-16(15(18)19)9-4-5-10-16/h6-8,11H,3-5,9-10,12H2,1-2H3,(H,18,19). The number of nitrogens with zero attached hydrogens (tertiary/aromatic N) is 1. The molecular formula is C16H23NO2. The molecule has 1 aromatic rings. The Morgan fingerprint density at radius 2 is 2.05 bits per heavy atom. The van der Waals surface area contributed by atoms with Crippen LogP contribution in [0.2, 0.25) is 0 Å². The minimum absolute atomic E-state index is 0.542. The van der Waals surface area contributed by atoms with Gasteiger partial charge in [-0.1, -0.05) is 25.0 Å². The Morgan fingerprint density at radius 1 is 1.37 bits per heavy atom. The SMILES string of the molecule is CCN(CC1(C(=O)O)CCCC1)c1cccc(C)c1. The van der Waals surface area contributed by atoms with Crippen LogP contribution in [0.15, 0.2) is 24.3 Å². The maximum Gasteiger partial charge on any atom is 0.311 e. The average Bonchev–Trinajstić information content (AvgIpc) is 2.86. The molecule has 1 aliphatic rings. The van der Waals surface area contributed by atoms with Crippen molar-refractivity contribution in [2.75, 3.05) is 18.0 Å². The fourth-order valence-electron chi connectivity index (χ4n) is 3.07. The van der Waals surface area contributed by atoms with Crippen LogP contribution in [0.5, 0.6) is 0 Å². The van der Waals surface area contributed by atoms with Gasteiger partial charge in [-0.25, -0.2) is 0 Å². The zero-order chi connectivity index (χ0) is 13.9. The molecule has 0 aromatic heterocycles. The molecule has 1 aromatic carbocycles. The molecule has 1 fully saturated rings. The highest BCUT2D eigenvalue weighted by Crippen LogP contribution is 2.40. The Morgan fingerprint density at radius 3 is 2.58 bits per heavy atom. The van der Waals surface area contributed by atoms with Crippen LogP contribution in [0.25, 0.3) is 0 Å². The average molecular weight is 261 g/mol. The molecular weight excluding hydrogens is 238 g/mol. The van der Waals surface area contributed by atoms with E-state index < -0.39 is 11.4 Å². The first-order valence-corrected chi connectivity index (χ1v) is 7.12. The maximum absolute atomic E-state index is 11.6. The highest BCUT2D eigenvalue weighted by atomic mass is 16.4. The zero-order valence-electron chi connectivity index (χ0n) is 11.9. The molecule has 0 amide bonds. The van der Waals surface area contributed by atoms with E-state index >= 15 is 0 Å². The van der Waals surface area contributed by atoms with E-state index in [-0.39, 0.29) is 0 Å². The van der Waals surface area contributed by atoms with E-state index in [1.807, 2.05) is 6.07 Å². The van der Waals surface area contributed by atoms with Crippen molar-refractivity contribution in [3.8, 4) is 0 Å². The molecule has 1 saturated carbocycles. The van der Waals surface area contributed by atoms with Gasteiger partial charge in [-0.05, 0) is 44.4 Å². The van der Waals surface area contributed by atoms with Crippen LogP contribution >= 0.6 is 0 Å². The van der Waals surface area contributed by atoms with Crippen molar-refractivity contribution < 1.29 is 9.90 Å². The summed E-state index contributed by atoms with van der Waals surface area (Å²) in [6.07, 6.45) is 3.70. The minimum Gasteiger partial charge on any atom is -0.481 e. The fourth-order valence-corrected chi connectivity index (χ4v) is 3.07. The summed E-state index contributed by atoms with van der Waals surface area (Å²) in [5.41, 5.74) is 1.81. The van der Waals surface area contributed by atoms with Crippen LogP contribution in [0.3, 0.4) is 0 Å². The molecule has 0 radical (unpaired) electrons. The molecule has 19 heavy (non-hydrogen) atoms. The number of hydrogen-bond donors (Lipinski definition) is 1. The second-order valence-corrected chi connectivity index (χ2v) is 5.65. The van der Waals surface area contributed by atoms with Crippen molar-refractivity contribution in [2.45, 2.75) is 39.5 Å². The molecule has 0 atom stereocenters. The van der Waals surface area contributed by atoms with E-state index in [4.69, 9.17) is 0 Å². The first-order valence-electron chi connectivity index (χ1n) is 7.12. The van der Waals surface area contributed by atoms with Crippen molar-refractivity contribution in [1.29, 1.82) is 0 Å². The Kier molecular flexibility index (Phi) is 4.13. The summed E-state index contributed by atoms with van der Waals surface area (Å²) in [6.45, 7) is 5.63. The zero-order valence-corrected chi connectivity index (χ0v) is 11.9. The predicted octanol–water partition coefficient (Wildman–Crippen LogP) is 3.47. The largest absolute Gasteiger partial charge is 0.481 e. The van der Waals surface area contributed by atoms with Gasteiger partial charge in [0.25, 0.3) is 0 Å². The normalized spacial score (nSPS) is 17.4. The van der Waals surface area contributed by atoms with Gasteiger partial charge in [0.1, 0.15) is 0 Å². The first-order chi connectivity index (χ1) is 9.07. The van der Waals surface area contributed by atoms with Crippen molar-refractivity contribution in [3.63, 3.8) is 0 Å². The van der Waals surface area contributed by atoms with Gasteiger partial charge in [0.2, 0.25) is 0 Å². The molecule has 0 heterocycles. The van der Waals surface area contributed by atoms with Crippen LogP contribution in [0, 0.1) is 12.3 Å². The summed E-state index contributed by atoms with van der Waals surface area (Å²) in [4.78, 5) is 13.8. The Balaban J connectivity index is 2.21. The van der Waals surface area contributed by atoms with E-state index in [2.05, 4.69) is 36.9 Å². The number of benzene rings is 1. The van der Waals surface area contributed by atoms with E-state index in [0.717, 1.165) is 37.9 Å². The summed E-state index contributed by atoms with van der Waals surface area (Å²) in [5.74, 6) is -0.629. The van der Waals surface area contributed by atoms with Gasteiger partial charge in [-0.2, -0.15) is 0 Å². The molecule has 3 heteroatoms. The van der Waals surface area contributed by atoms with Crippen molar-refractivity contribution in [3.05, 3.63) is 29.8 Å². The minimum atomic E-state index is -0.629. The number of rotatable bonds is 5. The third kappa shape index (κ3) is 2.91. The molecule has 2 rings (SSSR count). The van der Waals surface area contributed by atoms with Crippen LogP contribution < -0.4 is 4.90 Å². The molecule has 0 spiro atoms. The first kappa shape index (κ1) is 13.9. The van der Waals surface area contributed by atoms with Crippen LogP contribution in [-0.4, -0.2) is 24.2 Å². The van der Waals surface area contributed by atoms with E-state index in [9.17, 15) is 9.90 Å². The van der Waals surface area contributed by atoms with Gasteiger partial charge in [-0.3, -0.25) is 4.79 Å². The number of carbonyl (C=O) groups is 1. The van der Waals surface area contributed by atoms with Crippen molar-refractivity contribution in [2.24, 2.45) is 5.41 Å². The van der Waals surface area contributed by atoms with Crippen molar-refractivity contribution in [1.82, 2.24) is 0 Å². The Bertz CT molecular complexity index is 450. The molecule has 104 valence electrons. The third-order valence-corrected chi connectivity index (χ3v) is 4.26. The van der Waals surface area contributed by atoms with Gasteiger partial charge in [0, 0.05) is 18.8 Å². The molecule has 0 aliphatic heterocycles. The van der Waals surface area contributed by atoms with Gasteiger partial charge < -0.3 is 10.0 Å². The number of aryl methyl sites for hydroxylation is 1. The van der Waals surface area contributed by atoms with E-state index in [1.165, 1.54) is 5.56 Å². The molecule has 0 unspecified atom stereocenters. The van der Waals surface area contributed by atoms with Crippen LogP contribution in [-0.2, 0) is 4.79 Å². The second-order valence-electron chi connectivity index (χ2n) is 5.65. The van der Waals surface area contributed by atoms with Crippen LogP contribution in [0.1, 0.15) is 38.2 Å². The van der Waals surface area contributed by atoms with Gasteiger partial charge in [0.05, 0.1) is 5.41 Å². The predicted molar refractivity (Wildman–Crippen MR) is 77.6 cm³/mol. The summed E-state index contributed by atoms with van der Waals surface area (Å²) in [5, 5.41) is 9.58. The lowest BCUT2D eigenvalue weighted by Crippen LogP contribution is -2.41. The lowest BCUT2D eigenvalue weighted by molar-refractivity contribution is -0.148. The molecule has 1 aliphatic carbocycles. The maximum atomic E-state index is 11.6. The van der Waals surface area contributed by atoms with Gasteiger partial charge in [-0.15, -0.1) is 0 Å². The molecule has 0 saturated heterocycles. The fraction of sp³-hybridized carbons (Fsp3) is 0.562. The summed E-state index contributed by atoms with van der Waals surface area (Å²) in [6, 6.07) is 8.31. The van der Waals surface area contributed by atoms with Crippen molar-refractivity contribution >= 4 is 11.7 Å². The van der Waals surface area contributed by atoms with Gasteiger partial charge in [0.15, 0.2) is 0 Å².